The minimum atomic E-state index is -0.752. The lowest BCUT2D eigenvalue weighted by atomic mass is 10.1. The van der Waals surface area contributed by atoms with Crippen LogP contribution in [0.25, 0.3) is 0 Å². The fourth-order valence-electron chi connectivity index (χ4n) is 1.33. The van der Waals surface area contributed by atoms with Crippen LogP contribution in [0.2, 0.25) is 0 Å². The van der Waals surface area contributed by atoms with Gasteiger partial charge < -0.3 is 9.84 Å². The number of carboxylic acid groups (broad SMARTS) is 1. The average Bonchev–Trinajstić information content (AvgIpc) is 2.51. The summed E-state index contributed by atoms with van der Waals surface area (Å²) in [7, 11) is 0. The van der Waals surface area contributed by atoms with E-state index in [1.807, 2.05) is 12.2 Å². The highest BCUT2D eigenvalue weighted by molar-refractivity contribution is 5.71. The molecule has 0 aromatic carbocycles. The molecule has 4 heteroatoms. The maximum atomic E-state index is 10.6. The second kappa shape index (κ2) is 17.5. The molecule has 0 radical (unpaired) electrons. The van der Waals surface area contributed by atoms with Gasteiger partial charge in [-0.1, -0.05) is 57.9 Å². The molecule has 0 aliphatic heterocycles. The SMILES string of the molecule is CC/C=C\CCOC(=O)CC.CCCCC=CC(C)C(=O)O. The van der Waals surface area contributed by atoms with E-state index in [2.05, 4.69) is 19.9 Å². The van der Waals surface area contributed by atoms with Gasteiger partial charge in [-0.2, -0.15) is 0 Å². The monoisotopic (exact) mass is 312 g/mol. The minimum absolute atomic E-state index is 0.116. The van der Waals surface area contributed by atoms with E-state index < -0.39 is 5.97 Å². The van der Waals surface area contributed by atoms with Crippen molar-refractivity contribution in [2.24, 2.45) is 5.92 Å². The summed E-state index contributed by atoms with van der Waals surface area (Å²) in [4.78, 5) is 20.9. The highest BCUT2D eigenvalue weighted by Crippen LogP contribution is 2.00. The van der Waals surface area contributed by atoms with Crippen molar-refractivity contribution < 1.29 is 19.4 Å². The average molecular weight is 312 g/mol. The van der Waals surface area contributed by atoms with Crippen LogP contribution in [0.3, 0.4) is 0 Å². The van der Waals surface area contributed by atoms with Crippen molar-refractivity contribution >= 4 is 11.9 Å². The Morgan fingerprint density at radius 2 is 1.77 bits per heavy atom. The Morgan fingerprint density at radius 3 is 2.27 bits per heavy atom. The van der Waals surface area contributed by atoms with Crippen LogP contribution in [-0.2, 0) is 14.3 Å². The summed E-state index contributed by atoms with van der Waals surface area (Å²) in [5.74, 6) is -1.21. The van der Waals surface area contributed by atoms with Crippen molar-refractivity contribution in [3.63, 3.8) is 0 Å². The van der Waals surface area contributed by atoms with E-state index in [1.165, 1.54) is 0 Å². The lowest BCUT2D eigenvalue weighted by Crippen LogP contribution is -2.05. The van der Waals surface area contributed by atoms with E-state index in [-0.39, 0.29) is 11.9 Å². The number of aliphatic carboxylic acids is 1. The van der Waals surface area contributed by atoms with E-state index >= 15 is 0 Å². The predicted molar refractivity (Wildman–Crippen MR) is 90.8 cm³/mol. The molecule has 0 saturated carbocycles. The summed E-state index contributed by atoms with van der Waals surface area (Å²) < 4.78 is 4.85. The third kappa shape index (κ3) is 18.4. The molecule has 0 aliphatic rings. The van der Waals surface area contributed by atoms with E-state index in [0.29, 0.717) is 13.0 Å². The number of hydrogen-bond acceptors (Lipinski definition) is 3. The van der Waals surface area contributed by atoms with Gasteiger partial charge in [0.25, 0.3) is 0 Å². The summed E-state index contributed by atoms with van der Waals surface area (Å²) in [5.41, 5.74) is 0. The first-order chi connectivity index (χ1) is 10.5. The molecule has 0 aromatic heterocycles. The highest BCUT2D eigenvalue weighted by atomic mass is 16.5. The maximum absolute atomic E-state index is 10.6. The Labute approximate surface area is 135 Å². The molecule has 1 atom stereocenters. The number of unbranched alkanes of at least 4 members (excludes halogenated alkanes) is 2. The number of esters is 1. The first-order valence-electron chi connectivity index (χ1n) is 8.19. The van der Waals surface area contributed by atoms with Crippen LogP contribution in [0.1, 0.15) is 66.2 Å². The number of carbonyl (C=O) groups excluding carboxylic acids is 1. The lowest BCUT2D eigenvalue weighted by Gasteiger charge is -1.98. The second-order valence-corrected chi connectivity index (χ2v) is 4.94. The van der Waals surface area contributed by atoms with Crippen molar-refractivity contribution in [3.8, 4) is 0 Å². The highest BCUT2D eigenvalue weighted by Gasteiger charge is 2.04. The number of ether oxygens (including phenoxy) is 1. The van der Waals surface area contributed by atoms with Crippen molar-refractivity contribution in [1.82, 2.24) is 0 Å². The molecule has 0 fully saturated rings. The zero-order valence-corrected chi connectivity index (χ0v) is 14.5. The molecule has 1 N–H and O–H groups in total. The summed E-state index contributed by atoms with van der Waals surface area (Å²) in [6.45, 7) is 8.20. The second-order valence-electron chi connectivity index (χ2n) is 4.94. The van der Waals surface area contributed by atoms with E-state index in [4.69, 9.17) is 9.84 Å². The molecule has 0 aliphatic carbocycles. The Hall–Kier alpha value is -1.58. The predicted octanol–water partition coefficient (Wildman–Crippen LogP) is 4.75. The molecule has 0 saturated heterocycles. The Bertz CT molecular complexity index is 332. The molecule has 128 valence electrons. The summed E-state index contributed by atoms with van der Waals surface area (Å²) >= 11 is 0. The number of carbonyl (C=O) groups is 2. The van der Waals surface area contributed by atoms with Crippen LogP contribution in [0.15, 0.2) is 24.3 Å². The molecular weight excluding hydrogens is 280 g/mol. The smallest absolute Gasteiger partial charge is 0.310 e. The molecule has 1 unspecified atom stereocenters. The van der Waals surface area contributed by atoms with Crippen molar-refractivity contribution in [2.45, 2.75) is 66.2 Å². The third-order valence-corrected chi connectivity index (χ3v) is 2.78. The summed E-state index contributed by atoms with van der Waals surface area (Å²) in [5, 5.41) is 8.49. The molecule has 22 heavy (non-hydrogen) atoms. The fraction of sp³-hybridized carbons (Fsp3) is 0.667. The van der Waals surface area contributed by atoms with Gasteiger partial charge in [-0.15, -0.1) is 0 Å². The first-order valence-corrected chi connectivity index (χ1v) is 8.19. The van der Waals surface area contributed by atoms with Gasteiger partial charge >= 0.3 is 11.9 Å². The van der Waals surface area contributed by atoms with Crippen LogP contribution < -0.4 is 0 Å². The molecule has 0 rings (SSSR count). The topological polar surface area (TPSA) is 63.6 Å². The van der Waals surface area contributed by atoms with Gasteiger partial charge in [-0.05, 0) is 26.2 Å². The molecule has 0 aromatic rings. The molecule has 0 heterocycles. The van der Waals surface area contributed by atoms with Crippen molar-refractivity contribution in [2.75, 3.05) is 6.61 Å². The van der Waals surface area contributed by atoms with Gasteiger partial charge in [-0.3, -0.25) is 9.59 Å². The van der Waals surface area contributed by atoms with E-state index in [1.54, 1.807) is 19.9 Å². The van der Waals surface area contributed by atoms with Crippen LogP contribution >= 0.6 is 0 Å². The number of hydrogen-bond donors (Lipinski definition) is 1. The lowest BCUT2D eigenvalue weighted by molar-refractivity contribution is -0.143. The largest absolute Gasteiger partial charge is 0.481 e. The number of rotatable bonds is 10. The zero-order valence-electron chi connectivity index (χ0n) is 14.5. The standard InChI is InChI=1S/2C9H16O2/c1-3-4-5-6-7-8(2)9(10)11;1-3-5-6-7-8-11-9(10)4-2/h6-8H,3-5H2,1-2H3,(H,10,11);5-6H,3-4,7-8H2,1-2H3/b;6-5-. The van der Waals surface area contributed by atoms with Crippen molar-refractivity contribution in [3.05, 3.63) is 24.3 Å². The molecule has 0 bridgehead atoms. The van der Waals surface area contributed by atoms with E-state index in [0.717, 1.165) is 32.1 Å². The van der Waals surface area contributed by atoms with Gasteiger partial charge in [0.05, 0.1) is 12.5 Å². The van der Waals surface area contributed by atoms with Crippen LogP contribution in [0, 0.1) is 5.92 Å². The van der Waals surface area contributed by atoms with Crippen molar-refractivity contribution in [1.29, 1.82) is 0 Å². The third-order valence-electron chi connectivity index (χ3n) is 2.78. The van der Waals surface area contributed by atoms with Gasteiger partial charge in [0.1, 0.15) is 0 Å². The summed E-state index contributed by atoms with van der Waals surface area (Å²) in [6.07, 6.45) is 13.4. The number of allylic oxidation sites excluding steroid dienone is 2. The first kappa shape index (κ1) is 22.7. The van der Waals surface area contributed by atoms with Crippen LogP contribution in [0.4, 0.5) is 0 Å². The quantitative estimate of drug-likeness (QED) is 0.359. The Morgan fingerprint density at radius 1 is 1.09 bits per heavy atom. The Kier molecular flexibility index (Phi) is 18.0. The van der Waals surface area contributed by atoms with Gasteiger partial charge in [-0.25, -0.2) is 0 Å². The molecule has 0 amide bonds. The van der Waals surface area contributed by atoms with Crippen LogP contribution in [0.5, 0.6) is 0 Å². The van der Waals surface area contributed by atoms with Gasteiger partial charge in [0.2, 0.25) is 0 Å². The molecule has 0 spiro atoms. The van der Waals surface area contributed by atoms with Gasteiger partial charge in [0, 0.05) is 6.42 Å². The van der Waals surface area contributed by atoms with E-state index in [9.17, 15) is 9.59 Å². The minimum Gasteiger partial charge on any atom is -0.481 e. The van der Waals surface area contributed by atoms with Crippen LogP contribution in [-0.4, -0.2) is 23.7 Å². The fourth-order valence-corrected chi connectivity index (χ4v) is 1.33. The zero-order chi connectivity index (χ0) is 17.2. The maximum Gasteiger partial charge on any atom is 0.310 e. The van der Waals surface area contributed by atoms with Gasteiger partial charge in [0.15, 0.2) is 0 Å². The summed E-state index contributed by atoms with van der Waals surface area (Å²) in [6, 6.07) is 0. The molecular formula is C18H32O4. The Balaban J connectivity index is 0. The molecule has 4 nitrogen and oxygen atoms in total. The normalized spacial score (nSPS) is 12.0. The number of carboxylic acids is 1.